The van der Waals surface area contributed by atoms with E-state index >= 15 is 0 Å². The lowest BCUT2D eigenvalue weighted by atomic mass is 9.99. The van der Waals surface area contributed by atoms with Crippen LogP contribution in [-0.2, 0) is 11.3 Å². The summed E-state index contributed by atoms with van der Waals surface area (Å²) in [6, 6.07) is 5.82. The van der Waals surface area contributed by atoms with Crippen molar-refractivity contribution in [3.8, 4) is 11.5 Å². The molecule has 1 saturated heterocycles. The first-order chi connectivity index (χ1) is 11.2. The molecule has 1 aromatic rings. The number of unbranched alkanes of at least 4 members (excludes halogenated alkanes) is 1. The van der Waals surface area contributed by atoms with Crippen molar-refractivity contribution in [3.63, 3.8) is 0 Å². The Bertz CT molecular complexity index is 505. The number of ether oxygens (including phenoxy) is 2. The van der Waals surface area contributed by atoms with Gasteiger partial charge in [0, 0.05) is 13.1 Å². The van der Waals surface area contributed by atoms with Crippen LogP contribution in [0.3, 0.4) is 0 Å². The Kier molecular flexibility index (Phi) is 9.57. The van der Waals surface area contributed by atoms with Crippen LogP contribution in [0, 0.1) is 5.92 Å². The number of nitrogens with one attached hydrogen (secondary N) is 2. The van der Waals surface area contributed by atoms with Gasteiger partial charge in [0.25, 0.3) is 0 Å². The summed E-state index contributed by atoms with van der Waals surface area (Å²) in [5, 5.41) is 6.28. The summed E-state index contributed by atoms with van der Waals surface area (Å²) in [7, 11) is 1.64. The molecule has 2 N–H and O–H groups in total. The number of carbonyl (C=O) groups is 1. The molecule has 0 saturated carbocycles. The highest BCUT2D eigenvalue weighted by Crippen LogP contribution is 2.28. The van der Waals surface area contributed by atoms with Gasteiger partial charge in [-0.3, -0.25) is 4.79 Å². The maximum absolute atomic E-state index is 12.2. The van der Waals surface area contributed by atoms with E-state index in [2.05, 4.69) is 17.6 Å². The van der Waals surface area contributed by atoms with Gasteiger partial charge in [-0.1, -0.05) is 19.4 Å². The molecule has 6 heteroatoms. The van der Waals surface area contributed by atoms with Crippen LogP contribution in [-0.4, -0.2) is 32.7 Å². The predicted molar refractivity (Wildman–Crippen MR) is 98.1 cm³/mol. The number of halogens is 1. The van der Waals surface area contributed by atoms with Crippen LogP contribution in [0.1, 0.15) is 38.2 Å². The molecule has 0 radical (unpaired) electrons. The summed E-state index contributed by atoms with van der Waals surface area (Å²) in [4.78, 5) is 12.2. The minimum atomic E-state index is 0. The molecular weight excluding hydrogens is 328 g/mol. The topological polar surface area (TPSA) is 59.6 Å². The van der Waals surface area contributed by atoms with Crippen molar-refractivity contribution in [1.29, 1.82) is 0 Å². The second-order valence-electron chi connectivity index (χ2n) is 5.95. The zero-order valence-corrected chi connectivity index (χ0v) is 15.4. The third-order valence-corrected chi connectivity index (χ3v) is 4.12. The van der Waals surface area contributed by atoms with Gasteiger partial charge < -0.3 is 20.1 Å². The number of carbonyl (C=O) groups excluding carboxylic acids is 1. The van der Waals surface area contributed by atoms with E-state index in [0.717, 1.165) is 50.1 Å². The molecule has 1 heterocycles. The van der Waals surface area contributed by atoms with Crippen molar-refractivity contribution in [2.45, 2.75) is 39.2 Å². The van der Waals surface area contributed by atoms with E-state index in [0.29, 0.717) is 18.9 Å². The van der Waals surface area contributed by atoms with E-state index in [4.69, 9.17) is 9.47 Å². The standard InChI is InChI=1S/C18H28N2O3.ClH/c1-3-4-10-23-16-8-7-14(11-17(16)22-2)12-20-18(21)15-6-5-9-19-13-15;/h7-8,11,15,19H,3-6,9-10,12-13H2,1-2H3,(H,20,21);1H. The molecule has 0 aromatic heterocycles. The molecule has 5 nitrogen and oxygen atoms in total. The van der Waals surface area contributed by atoms with Crippen LogP contribution >= 0.6 is 12.4 Å². The maximum atomic E-state index is 12.2. The van der Waals surface area contributed by atoms with E-state index in [1.807, 2.05) is 18.2 Å². The molecule has 1 aromatic carbocycles. The normalized spacial score (nSPS) is 16.8. The molecule has 136 valence electrons. The molecule has 1 aliphatic heterocycles. The predicted octanol–water partition coefficient (Wildman–Crippen LogP) is 2.91. The van der Waals surface area contributed by atoms with Crippen molar-refractivity contribution in [2.75, 3.05) is 26.8 Å². The smallest absolute Gasteiger partial charge is 0.224 e. The molecule has 0 aliphatic carbocycles. The number of hydrogen-bond acceptors (Lipinski definition) is 4. The molecule has 1 atom stereocenters. The zero-order valence-electron chi connectivity index (χ0n) is 14.6. The summed E-state index contributed by atoms with van der Waals surface area (Å²) in [6.45, 7) is 5.13. The van der Waals surface area contributed by atoms with Gasteiger partial charge in [-0.2, -0.15) is 0 Å². The molecule has 24 heavy (non-hydrogen) atoms. The Balaban J connectivity index is 0.00000288. The lowest BCUT2D eigenvalue weighted by Crippen LogP contribution is -2.40. The largest absolute Gasteiger partial charge is 0.493 e. The summed E-state index contributed by atoms with van der Waals surface area (Å²) >= 11 is 0. The van der Waals surface area contributed by atoms with Gasteiger partial charge in [-0.05, 0) is 43.5 Å². The van der Waals surface area contributed by atoms with E-state index in [9.17, 15) is 4.79 Å². The van der Waals surface area contributed by atoms with Gasteiger partial charge in [0.15, 0.2) is 11.5 Å². The molecule has 0 spiro atoms. The van der Waals surface area contributed by atoms with Gasteiger partial charge in [-0.25, -0.2) is 0 Å². The fraction of sp³-hybridized carbons (Fsp3) is 0.611. The second kappa shape index (κ2) is 11.2. The van der Waals surface area contributed by atoms with Gasteiger partial charge in [-0.15, -0.1) is 12.4 Å². The quantitative estimate of drug-likeness (QED) is 0.703. The number of rotatable bonds is 8. The average molecular weight is 357 g/mol. The molecule has 1 fully saturated rings. The molecule has 0 bridgehead atoms. The maximum Gasteiger partial charge on any atom is 0.224 e. The minimum Gasteiger partial charge on any atom is -0.493 e. The van der Waals surface area contributed by atoms with Crippen LogP contribution in [0.25, 0.3) is 0 Å². The van der Waals surface area contributed by atoms with Crippen LogP contribution in [0.4, 0.5) is 0 Å². The van der Waals surface area contributed by atoms with Gasteiger partial charge in [0.2, 0.25) is 5.91 Å². The Labute approximate surface area is 150 Å². The van der Waals surface area contributed by atoms with Crippen molar-refractivity contribution in [1.82, 2.24) is 10.6 Å². The summed E-state index contributed by atoms with van der Waals surface area (Å²) < 4.78 is 11.1. The minimum absolute atomic E-state index is 0. The van der Waals surface area contributed by atoms with E-state index in [1.54, 1.807) is 7.11 Å². The number of benzene rings is 1. The molecule has 1 amide bonds. The van der Waals surface area contributed by atoms with Crippen molar-refractivity contribution in [3.05, 3.63) is 23.8 Å². The monoisotopic (exact) mass is 356 g/mol. The first-order valence-corrected chi connectivity index (χ1v) is 8.52. The molecular formula is C18H29ClN2O3. The second-order valence-corrected chi connectivity index (χ2v) is 5.95. The SMILES string of the molecule is CCCCOc1ccc(CNC(=O)C2CCCNC2)cc1OC.Cl. The highest BCUT2D eigenvalue weighted by atomic mass is 35.5. The van der Waals surface area contributed by atoms with Crippen LogP contribution < -0.4 is 20.1 Å². The Hall–Kier alpha value is -1.46. The third kappa shape index (κ3) is 6.21. The highest BCUT2D eigenvalue weighted by molar-refractivity contribution is 5.85. The fourth-order valence-corrected chi connectivity index (χ4v) is 2.68. The Morgan fingerprint density at radius 2 is 2.21 bits per heavy atom. The van der Waals surface area contributed by atoms with Gasteiger partial charge >= 0.3 is 0 Å². The lowest BCUT2D eigenvalue weighted by molar-refractivity contribution is -0.125. The summed E-state index contributed by atoms with van der Waals surface area (Å²) in [5.74, 6) is 1.68. The van der Waals surface area contributed by atoms with Crippen LogP contribution in [0.15, 0.2) is 18.2 Å². The molecule has 2 rings (SSSR count). The summed E-state index contributed by atoms with van der Waals surface area (Å²) in [5.41, 5.74) is 1.02. The van der Waals surface area contributed by atoms with E-state index < -0.39 is 0 Å². The van der Waals surface area contributed by atoms with Gasteiger partial charge in [0.1, 0.15) is 0 Å². The third-order valence-electron chi connectivity index (χ3n) is 4.12. The first-order valence-electron chi connectivity index (χ1n) is 8.52. The Morgan fingerprint density at radius 3 is 2.88 bits per heavy atom. The molecule has 1 aliphatic rings. The lowest BCUT2D eigenvalue weighted by Gasteiger charge is -2.22. The van der Waals surface area contributed by atoms with Gasteiger partial charge in [0.05, 0.1) is 19.6 Å². The fourth-order valence-electron chi connectivity index (χ4n) is 2.68. The molecule has 1 unspecified atom stereocenters. The number of methoxy groups -OCH3 is 1. The number of amides is 1. The van der Waals surface area contributed by atoms with E-state index in [1.165, 1.54) is 0 Å². The Morgan fingerprint density at radius 1 is 1.38 bits per heavy atom. The van der Waals surface area contributed by atoms with E-state index in [-0.39, 0.29) is 24.2 Å². The highest BCUT2D eigenvalue weighted by Gasteiger charge is 2.20. The summed E-state index contributed by atoms with van der Waals surface area (Å²) in [6.07, 6.45) is 4.15. The zero-order chi connectivity index (χ0) is 16.5. The van der Waals surface area contributed by atoms with Crippen LogP contribution in [0.2, 0.25) is 0 Å². The van der Waals surface area contributed by atoms with Crippen molar-refractivity contribution < 1.29 is 14.3 Å². The number of hydrogen-bond donors (Lipinski definition) is 2. The van der Waals surface area contributed by atoms with Crippen molar-refractivity contribution in [2.24, 2.45) is 5.92 Å². The van der Waals surface area contributed by atoms with Crippen LogP contribution in [0.5, 0.6) is 11.5 Å². The van der Waals surface area contributed by atoms with Crippen molar-refractivity contribution >= 4 is 18.3 Å². The first kappa shape index (κ1) is 20.6. The number of piperidine rings is 1. The average Bonchev–Trinajstić information content (AvgIpc) is 2.61.